The Morgan fingerprint density at radius 3 is 3.00 bits per heavy atom. The summed E-state index contributed by atoms with van der Waals surface area (Å²) in [5.41, 5.74) is 2.18. The lowest BCUT2D eigenvalue weighted by Crippen LogP contribution is -2.43. The van der Waals surface area contributed by atoms with Crippen molar-refractivity contribution in [2.75, 3.05) is 26.2 Å². The summed E-state index contributed by atoms with van der Waals surface area (Å²) >= 11 is 0. The standard InChI is InChI=1S/C11H15N5/c1-2-10(8-15-6-4-12-5-7-15)16-9-13-14-11(16)3-1/h1-3,9,12H,4-8H2. The smallest absolute Gasteiger partial charge is 0.160 e. The van der Waals surface area contributed by atoms with Crippen LogP contribution in [0.25, 0.3) is 5.65 Å². The molecule has 84 valence electrons. The Morgan fingerprint density at radius 1 is 1.25 bits per heavy atom. The van der Waals surface area contributed by atoms with E-state index >= 15 is 0 Å². The van der Waals surface area contributed by atoms with E-state index in [-0.39, 0.29) is 0 Å². The fourth-order valence-corrected chi connectivity index (χ4v) is 2.13. The van der Waals surface area contributed by atoms with E-state index < -0.39 is 0 Å². The first-order valence-electron chi connectivity index (χ1n) is 5.64. The van der Waals surface area contributed by atoms with Crippen LogP contribution in [-0.4, -0.2) is 45.7 Å². The highest BCUT2D eigenvalue weighted by Gasteiger charge is 2.11. The number of nitrogens with zero attached hydrogens (tertiary/aromatic N) is 4. The molecule has 5 nitrogen and oxygen atoms in total. The average Bonchev–Trinajstić information content (AvgIpc) is 2.80. The van der Waals surface area contributed by atoms with Crippen LogP contribution in [0.4, 0.5) is 0 Å². The third-order valence-electron chi connectivity index (χ3n) is 3.01. The Labute approximate surface area is 94.1 Å². The summed E-state index contributed by atoms with van der Waals surface area (Å²) in [5, 5.41) is 11.4. The van der Waals surface area contributed by atoms with Gasteiger partial charge in [0.25, 0.3) is 0 Å². The Hall–Kier alpha value is -1.46. The summed E-state index contributed by atoms with van der Waals surface area (Å²) < 4.78 is 2.06. The number of piperazine rings is 1. The Balaban J connectivity index is 1.85. The highest BCUT2D eigenvalue weighted by molar-refractivity contribution is 5.37. The van der Waals surface area contributed by atoms with Gasteiger partial charge in [-0.2, -0.15) is 0 Å². The van der Waals surface area contributed by atoms with Crippen molar-refractivity contribution in [3.05, 3.63) is 30.2 Å². The SMILES string of the molecule is c1cc(CN2CCNCC2)n2cnnc2c1. The lowest BCUT2D eigenvalue weighted by atomic mass is 10.3. The lowest BCUT2D eigenvalue weighted by molar-refractivity contribution is 0.230. The highest BCUT2D eigenvalue weighted by Crippen LogP contribution is 2.08. The van der Waals surface area contributed by atoms with Crippen LogP contribution in [0.3, 0.4) is 0 Å². The monoisotopic (exact) mass is 217 g/mol. The van der Waals surface area contributed by atoms with Crippen LogP contribution in [0.1, 0.15) is 5.69 Å². The van der Waals surface area contributed by atoms with Crippen molar-refractivity contribution in [2.24, 2.45) is 0 Å². The van der Waals surface area contributed by atoms with Crippen molar-refractivity contribution < 1.29 is 0 Å². The predicted molar refractivity (Wildman–Crippen MR) is 61.1 cm³/mol. The van der Waals surface area contributed by atoms with Gasteiger partial charge in [0.2, 0.25) is 0 Å². The van der Waals surface area contributed by atoms with Crippen LogP contribution >= 0.6 is 0 Å². The molecule has 16 heavy (non-hydrogen) atoms. The van der Waals surface area contributed by atoms with E-state index in [9.17, 15) is 0 Å². The maximum atomic E-state index is 4.05. The molecule has 0 bridgehead atoms. The second kappa shape index (κ2) is 4.19. The second-order valence-electron chi connectivity index (χ2n) is 4.10. The molecule has 2 aromatic rings. The van der Waals surface area contributed by atoms with Gasteiger partial charge in [-0.1, -0.05) is 6.07 Å². The van der Waals surface area contributed by atoms with Gasteiger partial charge in [-0.15, -0.1) is 10.2 Å². The van der Waals surface area contributed by atoms with E-state index in [4.69, 9.17) is 0 Å². The maximum absolute atomic E-state index is 4.05. The number of nitrogens with one attached hydrogen (secondary N) is 1. The largest absolute Gasteiger partial charge is 0.314 e. The van der Waals surface area contributed by atoms with E-state index in [1.165, 1.54) is 5.69 Å². The molecule has 1 aliphatic rings. The summed E-state index contributed by atoms with van der Waals surface area (Å²) in [6, 6.07) is 6.16. The van der Waals surface area contributed by atoms with E-state index in [0.29, 0.717) is 0 Å². The van der Waals surface area contributed by atoms with Crippen LogP contribution in [0, 0.1) is 0 Å². The molecular formula is C11H15N5. The molecule has 1 aliphatic heterocycles. The van der Waals surface area contributed by atoms with Gasteiger partial charge in [0.05, 0.1) is 0 Å². The molecule has 1 saturated heterocycles. The zero-order valence-electron chi connectivity index (χ0n) is 9.13. The van der Waals surface area contributed by atoms with E-state index in [1.54, 1.807) is 6.33 Å². The fraction of sp³-hybridized carbons (Fsp3) is 0.455. The second-order valence-corrected chi connectivity index (χ2v) is 4.10. The van der Waals surface area contributed by atoms with Crippen LogP contribution in [0.5, 0.6) is 0 Å². The predicted octanol–water partition coefficient (Wildman–Crippen LogP) is 0.134. The van der Waals surface area contributed by atoms with Crippen LogP contribution in [0.15, 0.2) is 24.5 Å². The molecule has 0 amide bonds. The third-order valence-corrected chi connectivity index (χ3v) is 3.01. The van der Waals surface area contributed by atoms with Gasteiger partial charge >= 0.3 is 0 Å². The van der Waals surface area contributed by atoms with Crippen LogP contribution in [-0.2, 0) is 6.54 Å². The number of aromatic nitrogens is 3. The summed E-state index contributed by atoms with van der Waals surface area (Å²) in [6.07, 6.45) is 1.78. The first-order chi connectivity index (χ1) is 7.93. The summed E-state index contributed by atoms with van der Waals surface area (Å²) in [4.78, 5) is 2.45. The number of hydrogen-bond acceptors (Lipinski definition) is 4. The van der Waals surface area contributed by atoms with E-state index in [2.05, 4.69) is 30.9 Å². The first-order valence-corrected chi connectivity index (χ1v) is 5.64. The van der Waals surface area contributed by atoms with Crippen molar-refractivity contribution in [3.8, 4) is 0 Å². The molecule has 0 atom stereocenters. The molecule has 0 unspecified atom stereocenters. The van der Waals surface area contributed by atoms with Crippen molar-refractivity contribution in [1.82, 2.24) is 24.8 Å². The van der Waals surface area contributed by atoms with Crippen molar-refractivity contribution in [2.45, 2.75) is 6.54 Å². The molecule has 0 aliphatic carbocycles. The Kier molecular flexibility index (Phi) is 2.55. The molecule has 3 rings (SSSR count). The molecule has 0 radical (unpaired) electrons. The Bertz CT molecular complexity index is 472. The first kappa shape index (κ1) is 9.74. The van der Waals surface area contributed by atoms with E-state index in [0.717, 1.165) is 38.4 Å². The zero-order chi connectivity index (χ0) is 10.8. The summed E-state index contributed by atoms with van der Waals surface area (Å²) in [6.45, 7) is 5.35. The fourth-order valence-electron chi connectivity index (χ4n) is 2.13. The minimum atomic E-state index is 0.924. The number of pyridine rings is 1. The maximum Gasteiger partial charge on any atom is 0.160 e. The van der Waals surface area contributed by atoms with Gasteiger partial charge in [-0.25, -0.2) is 0 Å². The van der Waals surface area contributed by atoms with Gasteiger partial charge in [-0.05, 0) is 12.1 Å². The molecule has 2 aromatic heterocycles. The summed E-state index contributed by atoms with van der Waals surface area (Å²) in [5.74, 6) is 0. The third kappa shape index (κ3) is 1.79. The highest BCUT2D eigenvalue weighted by atomic mass is 15.2. The number of hydrogen-bond donors (Lipinski definition) is 1. The number of rotatable bonds is 2. The van der Waals surface area contributed by atoms with Crippen LogP contribution in [0.2, 0.25) is 0 Å². The molecule has 0 spiro atoms. The summed E-state index contributed by atoms with van der Waals surface area (Å²) in [7, 11) is 0. The molecule has 0 saturated carbocycles. The minimum Gasteiger partial charge on any atom is -0.314 e. The average molecular weight is 217 g/mol. The van der Waals surface area contributed by atoms with Gasteiger partial charge in [0.15, 0.2) is 5.65 Å². The van der Waals surface area contributed by atoms with Crippen molar-refractivity contribution in [1.29, 1.82) is 0 Å². The van der Waals surface area contributed by atoms with Crippen molar-refractivity contribution in [3.63, 3.8) is 0 Å². The zero-order valence-corrected chi connectivity index (χ0v) is 9.13. The van der Waals surface area contributed by atoms with Gasteiger partial charge < -0.3 is 5.32 Å². The van der Waals surface area contributed by atoms with E-state index in [1.807, 2.05) is 12.1 Å². The number of fused-ring (bicyclic) bond motifs is 1. The van der Waals surface area contributed by atoms with Crippen molar-refractivity contribution >= 4 is 5.65 Å². The topological polar surface area (TPSA) is 45.5 Å². The quantitative estimate of drug-likeness (QED) is 0.777. The lowest BCUT2D eigenvalue weighted by Gasteiger charge is -2.27. The molecular weight excluding hydrogens is 202 g/mol. The molecule has 3 heterocycles. The molecule has 5 heteroatoms. The van der Waals surface area contributed by atoms with Crippen LogP contribution < -0.4 is 5.32 Å². The molecule has 1 N–H and O–H groups in total. The van der Waals surface area contributed by atoms with Gasteiger partial charge in [0.1, 0.15) is 6.33 Å². The molecule has 1 fully saturated rings. The minimum absolute atomic E-state index is 0.924. The Morgan fingerprint density at radius 2 is 2.12 bits per heavy atom. The normalized spacial score (nSPS) is 18.0. The van der Waals surface area contributed by atoms with Gasteiger partial charge in [-0.3, -0.25) is 9.30 Å². The van der Waals surface area contributed by atoms with Gasteiger partial charge in [0, 0.05) is 38.4 Å². The molecule has 0 aromatic carbocycles.